The summed E-state index contributed by atoms with van der Waals surface area (Å²) in [5.41, 5.74) is 1.00. The fraction of sp³-hybridized carbons (Fsp3) is 0.375. The molecule has 0 atom stereocenters. The van der Waals surface area contributed by atoms with E-state index in [0.29, 0.717) is 24.5 Å². The maximum Gasteiger partial charge on any atom is 0.330 e. The van der Waals surface area contributed by atoms with E-state index < -0.39 is 5.97 Å². The molecule has 0 aliphatic carbocycles. The van der Waals surface area contributed by atoms with Crippen molar-refractivity contribution in [1.82, 2.24) is 5.32 Å². The Bertz CT molecular complexity index is 539. The normalized spacial score (nSPS) is 10.3. The summed E-state index contributed by atoms with van der Waals surface area (Å²) >= 11 is 0. The molecule has 0 saturated heterocycles. The SMILES string of the molecule is CC=CC(=O)OCC(=O)NCCc1ccc(OC)c(OC)c1. The van der Waals surface area contributed by atoms with Crippen LogP contribution in [0, 0.1) is 0 Å². The van der Waals surface area contributed by atoms with E-state index in [-0.39, 0.29) is 12.5 Å². The quantitative estimate of drug-likeness (QED) is 0.582. The van der Waals surface area contributed by atoms with E-state index in [1.165, 1.54) is 6.08 Å². The second-order valence-electron chi connectivity index (χ2n) is 4.40. The Labute approximate surface area is 130 Å². The number of nitrogens with one attached hydrogen (secondary N) is 1. The molecule has 0 unspecified atom stereocenters. The van der Waals surface area contributed by atoms with Gasteiger partial charge in [-0.25, -0.2) is 4.79 Å². The summed E-state index contributed by atoms with van der Waals surface area (Å²) in [6.45, 7) is 1.86. The number of carbonyl (C=O) groups excluding carboxylic acids is 2. The molecule has 0 saturated carbocycles. The van der Waals surface area contributed by atoms with E-state index in [0.717, 1.165) is 5.56 Å². The number of benzene rings is 1. The zero-order valence-corrected chi connectivity index (χ0v) is 13.0. The monoisotopic (exact) mass is 307 g/mol. The second kappa shape index (κ2) is 9.44. The molecule has 1 N–H and O–H groups in total. The molecule has 1 rings (SSSR count). The third-order valence-corrected chi connectivity index (χ3v) is 2.83. The highest BCUT2D eigenvalue weighted by atomic mass is 16.5. The number of hydrogen-bond acceptors (Lipinski definition) is 5. The van der Waals surface area contributed by atoms with Crippen LogP contribution in [0.3, 0.4) is 0 Å². The number of amides is 1. The van der Waals surface area contributed by atoms with Crippen LogP contribution in [0.4, 0.5) is 0 Å². The van der Waals surface area contributed by atoms with Crippen LogP contribution in [0.15, 0.2) is 30.4 Å². The Morgan fingerprint density at radius 3 is 2.55 bits per heavy atom. The molecule has 0 aliphatic rings. The first-order valence-electron chi connectivity index (χ1n) is 6.87. The van der Waals surface area contributed by atoms with Gasteiger partial charge in [-0.1, -0.05) is 12.1 Å². The molecule has 6 heteroatoms. The van der Waals surface area contributed by atoms with Gasteiger partial charge in [0.1, 0.15) is 0 Å². The zero-order chi connectivity index (χ0) is 16.4. The Morgan fingerprint density at radius 1 is 1.18 bits per heavy atom. The van der Waals surface area contributed by atoms with Gasteiger partial charge in [0.25, 0.3) is 5.91 Å². The summed E-state index contributed by atoms with van der Waals surface area (Å²) in [5, 5.41) is 2.68. The molecular formula is C16H21NO5. The van der Waals surface area contributed by atoms with Crippen molar-refractivity contribution >= 4 is 11.9 Å². The number of methoxy groups -OCH3 is 2. The van der Waals surface area contributed by atoms with Gasteiger partial charge in [-0.05, 0) is 31.0 Å². The third kappa shape index (κ3) is 5.87. The van der Waals surface area contributed by atoms with E-state index in [1.807, 2.05) is 18.2 Å². The molecule has 0 radical (unpaired) electrons. The van der Waals surface area contributed by atoms with Crippen LogP contribution in [0.5, 0.6) is 11.5 Å². The second-order valence-corrected chi connectivity index (χ2v) is 4.40. The van der Waals surface area contributed by atoms with Gasteiger partial charge >= 0.3 is 5.97 Å². The van der Waals surface area contributed by atoms with Crippen molar-refractivity contribution in [3.05, 3.63) is 35.9 Å². The highest BCUT2D eigenvalue weighted by Crippen LogP contribution is 2.27. The molecule has 0 bridgehead atoms. The lowest BCUT2D eigenvalue weighted by Crippen LogP contribution is -2.30. The molecule has 22 heavy (non-hydrogen) atoms. The van der Waals surface area contributed by atoms with Gasteiger partial charge in [0.2, 0.25) is 0 Å². The topological polar surface area (TPSA) is 73.9 Å². The fourth-order valence-corrected chi connectivity index (χ4v) is 1.75. The fourth-order valence-electron chi connectivity index (χ4n) is 1.75. The lowest BCUT2D eigenvalue weighted by Gasteiger charge is -2.10. The van der Waals surface area contributed by atoms with Crippen LogP contribution in [-0.4, -0.2) is 39.2 Å². The van der Waals surface area contributed by atoms with Crippen molar-refractivity contribution in [2.24, 2.45) is 0 Å². The first kappa shape index (κ1) is 17.6. The van der Waals surface area contributed by atoms with Gasteiger partial charge in [-0.3, -0.25) is 4.79 Å². The first-order chi connectivity index (χ1) is 10.6. The van der Waals surface area contributed by atoms with Gasteiger partial charge in [0.05, 0.1) is 14.2 Å². The summed E-state index contributed by atoms with van der Waals surface area (Å²) in [5.74, 6) is 0.439. The standard InChI is InChI=1S/C16H21NO5/c1-4-5-16(19)22-11-15(18)17-9-8-12-6-7-13(20-2)14(10-12)21-3/h4-7,10H,8-9,11H2,1-3H3,(H,17,18). The van der Waals surface area contributed by atoms with Crippen LogP contribution in [-0.2, 0) is 20.7 Å². The highest BCUT2D eigenvalue weighted by molar-refractivity contribution is 5.85. The van der Waals surface area contributed by atoms with Crippen LogP contribution in [0.25, 0.3) is 0 Å². The average Bonchev–Trinajstić information content (AvgIpc) is 2.53. The van der Waals surface area contributed by atoms with Crippen molar-refractivity contribution in [2.75, 3.05) is 27.4 Å². The van der Waals surface area contributed by atoms with Crippen LogP contribution < -0.4 is 14.8 Å². The molecule has 0 spiro atoms. The third-order valence-electron chi connectivity index (χ3n) is 2.83. The first-order valence-corrected chi connectivity index (χ1v) is 6.87. The minimum Gasteiger partial charge on any atom is -0.493 e. The van der Waals surface area contributed by atoms with Crippen LogP contribution in [0.1, 0.15) is 12.5 Å². The number of allylic oxidation sites excluding steroid dienone is 1. The Morgan fingerprint density at radius 2 is 1.91 bits per heavy atom. The maximum absolute atomic E-state index is 11.5. The number of rotatable bonds is 8. The zero-order valence-electron chi connectivity index (χ0n) is 13.0. The number of esters is 1. The van der Waals surface area contributed by atoms with Gasteiger partial charge in [0.15, 0.2) is 18.1 Å². The van der Waals surface area contributed by atoms with E-state index in [4.69, 9.17) is 14.2 Å². The minimum atomic E-state index is -0.530. The van der Waals surface area contributed by atoms with Gasteiger partial charge < -0.3 is 19.5 Å². The molecular weight excluding hydrogens is 286 g/mol. The molecule has 1 amide bonds. The van der Waals surface area contributed by atoms with Crippen molar-refractivity contribution in [2.45, 2.75) is 13.3 Å². The number of hydrogen-bond donors (Lipinski definition) is 1. The van der Waals surface area contributed by atoms with Gasteiger partial charge in [0, 0.05) is 12.6 Å². The lowest BCUT2D eigenvalue weighted by atomic mass is 10.1. The van der Waals surface area contributed by atoms with Crippen molar-refractivity contribution in [1.29, 1.82) is 0 Å². The van der Waals surface area contributed by atoms with Gasteiger partial charge in [-0.15, -0.1) is 0 Å². The highest BCUT2D eigenvalue weighted by Gasteiger charge is 2.06. The number of ether oxygens (including phenoxy) is 3. The summed E-state index contributed by atoms with van der Waals surface area (Å²) < 4.78 is 15.1. The smallest absolute Gasteiger partial charge is 0.330 e. The Hall–Kier alpha value is -2.50. The van der Waals surface area contributed by atoms with E-state index in [2.05, 4.69) is 5.32 Å². The number of carbonyl (C=O) groups is 2. The predicted octanol–water partition coefficient (Wildman–Crippen LogP) is 1.48. The Balaban J connectivity index is 2.37. The van der Waals surface area contributed by atoms with Gasteiger partial charge in [-0.2, -0.15) is 0 Å². The summed E-state index contributed by atoms with van der Waals surface area (Å²) in [6, 6.07) is 5.57. The predicted molar refractivity (Wildman–Crippen MR) is 82.0 cm³/mol. The van der Waals surface area contributed by atoms with Crippen molar-refractivity contribution < 1.29 is 23.8 Å². The molecule has 120 valence electrons. The Kier molecular flexibility index (Phi) is 7.53. The van der Waals surface area contributed by atoms with Crippen molar-refractivity contribution in [3.8, 4) is 11.5 Å². The molecule has 1 aromatic rings. The molecule has 0 heterocycles. The summed E-state index contributed by atoms with van der Waals surface area (Å²) in [7, 11) is 3.15. The van der Waals surface area contributed by atoms with E-state index in [1.54, 1.807) is 27.2 Å². The van der Waals surface area contributed by atoms with Crippen LogP contribution in [0.2, 0.25) is 0 Å². The molecule has 0 aliphatic heterocycles. The minimum absolute atomic E-state index is 0.283. The van der Waals surface area contributed by atoms with Crippen molar-refractivity contribution in [3.63, 3.8) is 0 Å². The molecule has 0 aromatic heterocycles. The average molecular weight is 307 g/mol. The maximum atomic E-state index is 11.5. The molecule has 0 fully saturated rings. The van der Waals surface area contributed by atoms with E-state index in [9.17, 15) is 9.59 Å². The summed E-state index contributed by atoms with van der Waals surface area (Å²) in [6.07, 6.45) is 3.45. The molecule has 1 aromatic carbocycles. The van der Waals surface area contributed by atoms with E-state index >= 15 is 0 Å². The lowest BCUT2D eigenvalue weighted by molar-refractivity contribution is -0.143. The summed E-state index contributed by atoms with van der Waals surface area (Å²) in [4.78, 5) is 22.6. The van der Waals surface area contributed by atoms with Crippen LogP contribution >= 0.6 is 0 Å². The largest absolute Gasteiger partial charge is 0.493 e. The molecule has 6 nitrogen and oxygen atoms in total.